The van der Waals surface area contributed by atoms with Gasteiger partial charge in [0.1, 0.15) is 10.6 Å². The van der Waals surface area contributed by atoms with E-state index in [4.69, 9.17) is 4.74 Å². The fourth-order valence-electron chi connectivity index (χ4n) is 2.69. The number of aryl methyl sites for hydroxylation is 1. The number of imidazole rings is 1. The first-order valence-corrected chi connectivity index (χ1v) is 8.81. The summed E-state index contributed by atoms with van der Waals surface area (Å²) in [6.45, 7) is 1.92. The molecular weight excluding hydrogens is 348 g/mol. The van der Waals surface area contributed by atoms with Crippen LogP contribution in [0.2, 0.25) is 0 Å². The molecule has 1 amide bonds. The van der Waals surface area contributed by atoms with Gasteiger partial charge in [-0.3, -0.25) is 14.2 Å². The van der Waals surface area contributed by atoms with E-state index in [-0.39, 0.29) is 5.91 Å². The van der Waals surface area contributed by atoms with E-state index in [0.717, 1.165) is 27.7 Å². The number of rotatable bonds is 4. The van der Waals surface area contributed by atoms with E-state index in [0.29, 0.717) is 10.6 Å². The van der Waals surface area contributed by atoms with Crippen LogP contribution in [0.25, 0.3) is 16.2 Å². The Labute approximate surface area is 154 Å². The Morgan fingerprint density at radius 2 is 2.04 bits per heavy atom. The average Bonchev–Trinajstić information content (AvgIpc) is 3.22. The molecule has 7 heteroatoms. The normalized spacial score (nSPS) is 10.8. The van der Waals surface area contributed by atoms with Crippen LogP contribution < -0.4 is 10.1 Å². The summed E-state index contributed by atoms with van der Waals surface area (Å²) < 4.78 is 7.13. The molecule has 26 heavy (non-hydrogen) atoms. The Kier molecular flexibility index (Phi) is 4.14. The van der Waals surface area contributed by atoms with Crippen molar-refractivity contribution in [3.8, 4) is 17.0 Å². The van der Waals surface area contributed by atoms with Gasteiger partial charge in [0, 0.05) is 23.7 Å². The summed E-state index contributed by atoms with van der Waals surface area (Å²) >= 11 is 1.37. The molecule has 1 N–H and O–H groups in total. The minimum absolute atomic E-state index is 0.156. The van der Waals surface area contributed by atoms with Crippen molar-refractivity contribution >= 4 is 27.9 Å². The molecule has 0 saturated carbocycles. The van der Waals surface area contributed by atoms with Crippen molar-refractivity contribution in [1.82, 2.24) is 14.4 Å². The molecule has 0 fully saturated rings. The van der Waals surface area contributed by atoms with Crippen LogP contribution in [0.4, 0.5) is 5.69 Å². The maximum Gasteiger partial charge on any atom is 0.267 e. The van der Waals surface area contributed by atoms with E-state index in [1.165, 1.54) is 11.3 Å². The predicted molar refractivity (Wildman–Crippen MR) is 102 cm³/mol. The highest BCUT2D eigenvalue weighted by Gasteiger charge is 2.18. The number of nitrogens with zero attached hydrogens (tertiary/aromatic N) is 3. The van der Waals surface area contributed by atoms with Gasteiger partial charge in [0.25, 0.3) is 5.91 Å². The zero-order chi connectivity index (χ0) is 18.1. The fraction of sp³-hybridized carbons (Fsp3) is 0.105. The Morgan fingerprint density at radius 1 is 1.23 bits per heavy atom. The Bertz CT molecular complexity index is 1070. The fourth-order valence-corrected chi connectivity index (χ4v) is 3.69. The number of thiazole rings is 1. The summed E-state index contributed by atoms with van der Waals surface area (Å²) in [4.78, 5) is 22.6. The summed E-state index contributed by atoms with van der Waals surface area (Å²) in [7, 11) is 1.64. The van der Waals surface area contributed by atoms with Crippen LogP contribution in [0.1, 0.15) is 15.4 Å². The van der Waals surface area contributed by atoms with Crippen molar-refractivity contribution in [3.63, 3.8) is 0 Å². The molecule has 0 atom stereocenters. The lowest BCUT2D eigenvalue weighted by atomic mass is 10.2. The molecule has 3 aromatic heterocycles. The Balaban J connectivity index is 1.63. The van der Waals surface area contributed by atoms with Gasteiger partial charge in [-0.2, -0.15) is 0 Å². The zero-order valence-corrected chi connectivity index (χ0v) is 15.1. The van der Waals surface area contributed by atoms with E-state index >= 15 is 0 Å². The summed E-state index contributed by atoms with van der Waals surface area (Å²) in [5.74, 6) is 0.650. The average molecular weight is 364 g/mol. The topological polar surface area (TPSA) is 68.5 Å². The molecule has 0 saturated heterocycles. The number of methoxy groups -OCH3 is 1. The van der Waals surface area contributed by atoms with Gasteiger partial charge >= 0.3 is 0 Å². The number of fused-ring (bicyclic) bond motifs is 1. The van der Waals surface area contributed by atoms with E-state index in [2.05, 4.69) is 15.3 Å². The third-order valence-corrected chi connectivity index (χ3v) is 5.22. The number of aromatic nitrogens is 3. The highest BCUT2D eigenvalue weighted by Crippen LogP contribution is 2.28. The zero-order valence-electron chi connectivity index (χ0n) is 14.3. The number of amides is 1. The van der Waals surface area contributed by atoms with Crippen LogP contribution >= 0.6 is 11.3 Å². The lowest BCUT2D eigenvalue weighted by Crippen LogP contribution is -2.11. The quantitative estimate of drug-likeness (QED) is 0.594. The summed E-state index contributed by atoms with van der Waals surface area (Å²) in [6, 6.07) is 11.3. The SMILES string of the molecule is COc1ccc(-c2cn3c(C)c(C(=O)Nc4cccnc4)sc3n2)cc1. The first kappa shape index (κ1) is 16.3. The monoisotopic (exact) mass is 364 g/mol. The second-order valence-electron chi connectivity index (χ2n) is 5.72. The number of ether oxygens (including phenoxy) is 1. The minimum Gasteiger partial charge on any atom is -0.497 e. The molecule has 0 bridgehead atoms. The number of pyridine rings is 1. The Hall–Kier alpha value is -3.19. The first-order chi connectivity index (χ1) is 12.7. The van der Waals surface area contributed by atoms with Gasteiger partial charge in [-0.05, 0) is 43.3 Å². The maximum atomic E-state index is 12.5. The van der Waals surface area contributed by atoms with E-state index < -0.39 is 0 Å². The van der Waals surface area contributed by atoms with E-state index in [1.807, 2.05) is 41.8 Å². The molecule has 130 valence electrons. The van der Waals surface area contributed by atoms with Gasteiger partial charge in [-0.25, -0.2) is 4.98 Å². The number of carbonyl (C=O) groups is 1. The second kappa shape index (κ2) is 6.61. The number of carbonyl (C=O) groups excluding carboxylic acids is 1. The molecule has 4 rings (SSSR count). The summed E-state index contributed by atoms with van der Waals surface area (Å²) in [5, 5.41) is 2.86. The van der Waals surface area contributed by atoms with Crippen molar-refractivity contribution in [1.29, 1.82) is 0 Å². The van der Waals surface area contributed by atoms with Crippen molar-refractivity contribution < 1.29 is 9.53 Å². The van der Waals surface area contributed by atoms with Gasteiger partial charge in [0.2, 0.25) is 0 Å². The van der Waals surface area contributed by atoms with Crippen LogP contribution in [0, 0.1) is 6.92 Å². The molecule has 0 aliphatic carbocycles. The third kappa shape index (κ3) is 2.93. The molecule has 0 radical (unpaired) electrons. The molecule has 0 aliphatic rings. The van der Waals surface area contributed by atoms with Gasteiger partial charge in [-0.1, -0.05) is 11.3 Å². The van der Waals surface area contributed by atoms with Gasteiger partial charge in [-0.15, -0.1) is 0 Å². The highest BCUT2D eigenvalue weighted by molar-refractivity contribution is 7.19. The molecular formula is C19H16N4O2S. The number of anilines is 1. The summed E-state index contributed by atoms with van der Waals surface area (Å²) in [6.07, 6.45) is 5.23. The highest BCUT2D eigenvalue weighted by atomic mass is 32.1. The van der Waals surface area contributed by atoms with Crippen LogP contribution in [0.3, 0.4) is 0 Å². The first-order valence-electron chi connectivity index (χ1n) is 8.00. The minimum atomic E-state index is -0.156. The third-order valence-electron chi connectivity index (χ3n) is 4.07. The molecule has 6 nitrogen and oxygen atoms in total. The lowest BCUT2D eigenvalue weighted by Gasteiger charge is -2.03. The molecule has 0 unspecified atom stereocenters. The van der Waals surface area contributed by atoms with Gasteiger partial charge in [0.05, 0.1) is 24.7 Å². The van der Waals surface area contributed by atoms with Gasteiger partial charge in [0.15, 0.2) is 4.96 Å². The molecule has 0 spiro atoms. The van der Waals surface area contributed by atoms with Crippen LogP contribution in [0.15, 0.2) is 55.0 Å². The number of hydrogen-bond donors (Lipinski definition) is 1. The molecule has 1 aromatic carbocycles. The van der Waals surface area contributed by atoms with Gasteiger partial charge < -0.3 is 10.1 Å². The van der Waals surface area contributed by atoms with Crippen molar-refractivity contribution in [3.05, 3.63) is 65.6 Å². The second-order valence-corrected chi connectivity index (χ2v) is 6.70. The lowest BCUT2D eigenvalue weighted by molar-refractivity contribution is 0.102. The number of nitrogens with one attached hydrogen (secondary N) is 1. The summed E-state index contributed by atoms with van der Waals surface area (Å²) in [5.41, 5.74) is 3.39. The molecule has 4 aromatic rings. The Morgan fingerprint density at radius 3 is 2.69 bits per heavy atom. The van der Waals surface area contributed by atoms with E-state index in [9.17, 15) is 4.79 Å². The van der Waals surface area contributed by atoms with E-state index in [1.54, 1.807) is 31.6 Å². The van der Waals surface area contributed by atoms with Crippen molar-refractivity contribution in [2.45, 2.75) is 6.92 Å². The number of hydrogen-bond acceptors (Lipinski definition) is 5. The molecule has 0 aliphatic heterocycles. The van der Waals surface area contributed by atoms with Crippen LogP contribution in [-0.4, -0.2) is 27.4 Å². The standard InChI is InChI=1S/C19H16N4O2S/c1-12-17(18(24)21-14-4-3-9-20-10-14)26-19-22-16(11-23(12)19)13-5-7-15(25-2)8-6-13/h3-11H,1-2H3,(H,21,24). The van der Waals surface area contributed by atoms with Crippen molar-refractivity contribution in [2.75, 3.05) is 12.4 Å². The predicted octanol–water partition coefficient (Wildman–Crippen LogP) is 4.03. The smallest absolute Gasteiger partial charge is 0.267 e. The molecule has 3 heterocycles. The maximum absolute atomic E-state index is 12.5. The van der Waals surface area contributed by atoms with Crippen molar-refractivity contribution in [2.24, 2.45) is 0 Å². The largest absolute Gasteiger partial charge is 0.497 e. The van der Waals surface area contributed by atoms with Crippen LogP contribution in [0.5, 0.6) is 5.75 Å². The number of benzene rings is 1. The van der Waals surface area contributed by atoms with Crippen LogP contribution in [-0.2, 0) is 0 Å².